The lowest BCUT2D eigenvalue weighted by Gasteiger charge is -2.33. The van der Waals surface area contributed by atoms with Gasteiger partial charge in [0.05, 0.1) is 5.69 Å². The standard InChI is InChI=1S/C13H22N4/c1-2-3-11-4-8-17(9-5-11)13-12(10-14)15-6-7-16-13/h6-7,11H,2-5,8-10,14H2,1H3. The Balaban J connectivity index is 2.00. The lowest BCUT2D eigenvalue weighted by molar-refractivity contribution is 0.376. The summed E-state index contributed by atoms with van der Waals surface area (Å²) in [5, 5.41) is 0. The van der Waals surface area contributed by atoms with Gasteiger partial charge in [0.2, 0.25) is 0 Å². The highest BCUT2D eigenvalue weighted by atomic mass is 15.2. The second kappa shape index (κ2) is 5.96. The Kier molecular flexibility index (Phi) is 4.31. The molecular formula is C13H22N4. The average molecular weight is 234 g/mol. The topological polar surface area (TPSA) is 55.0 Å². The SMILES string of the molecule is CCCC1CCN(c2nccnc2CN)CC1. The summed E-state index contributed by atoms with van der Waals surface area (Å²) in [4.78, 5) is 11.1. The largest absolute Gasteiger partial charge is 0.355 e. The molecule has 1 saturated heterocycles. The summed E-state index contributed by atoms with van der Waals surface area (Å²) in [6.45, 7) is 4.92. The molecule has 0 spiro atoms. The van der Waals surface area contributed by atoms with E-state index in [9.17, 15) is 0 Å². The number of hydrogen-bond donors (Lipinski definition) is 1. The minimum Gasteiger partial charge on any atom is -0.355 e. The molecule has 0 saturated carbocycles. The van der Waals surface area contributed by atoms with E-state index >= 15 is 0 Å². The van der Waals surface area contributed by atoms with Crippen LogP contribution >= 0.6 is 0 Å². The minimum atomic E-state index is 0.470. The quantitative estimate of drug-likeness (QED) is 0.865. The third-order valence-electron chi connectivity index (χ3n) is 3.56. The van der Waals surface area contributed by atoms with Gasteiger partial charge in [-0.25, -0.2) is 4.98 Å². The highest BCUT2D eigenvalue weighted by Gasteiger charge is 2.21. The summed E-state index contributed by atoms with van der Waals surface area (Å²) in [6.07, 6.45) is 8.67. The number of anilines is 1. The van der Waals surface area contributed by atoms with Crippen LogP contribution in [0.5, 0.6) is 0 Å². The number of nitrogens with two attached hydrogens (primary N) is 1. The molecule has 0 aromatic carbocycles. The van der Waals surface area contributed by atoms with Crippen LogP contribution in [0.15, 0.2) is 12.4 Å². The Bertz CT molecular complexity index is 345. The van der Waals surface area contributed by atoms with Gasteiger partial charge in [0.1, 0.15) is 0 Å². The lowest BCUT2D eigenvalue weighted by atomic mass is 9.92. The van der Waals surface area contributed by atoms with Crippen molar-refractivity contribution in [1.29, 1.82) is 0 Å². The third kappa shape index (κ3) is 2.94. The normalized spacial score (nSPS) is 17.4. The Labute approximate surface area is 103 Å². The van der Waals surface area contributed by atoms with Crippen molar-refractivity contribution in [3.05, 3.63) is 18.1 Å². The summed E-state index contributed by atoms with van der Waals surface area (Å²) in [5.41, 5.74) is 6.62. The molecule has 2 heterocycles. The zero-order valence-corrected chi connectivity index (χ0v) is 10.6. The molecule has 2 rings (SSSR count). The van der Waals surface area contributed by atoms with Crippen LogP contribution < -0.4 is 10.6 Å². The molecular weight excluding hydrogens is 212 g/mol. The summed E-state index contributed by atoms with van der Waals surface area (Å²) in [6, 6.07) is 0. The fourth-order valence-corrected chi connectivity index (χ4v) is 2.61. The van der Waals surface area contributed by atoms with Crippen molar-refractivity contribution in [2.75, 3.05) is 18.0 Å². The van der Waals surface area contributed by atoms with E-state index in [4.69, 9.17) is 5.73 Å². The zero-order valence-electron chi connectivity index (χ0n) is 10.6. The summed E-state index contributed by atoms with van der Waals surface area (Å²) in [5.74, 6) is 1.89. The second-order valence-electron chi connectivity index (χ2n) is 4.75. The first kappa shape index (κ1) is 12.3. The van der Waals surface area contributed by atoms with E-state index in [0.717, 1.165) is 30.5 Å². The molecule has 0 atom stereocenters. The lowest BCUT2D eigenvalue weighted by Crippen LogP contribution is -2.35. The van der Waals surface area contributed by atoms with Gasteiger partial charge in [-0.15, -0.1) is 0 Å². The van der Waals surface area contributed by atoms with Crippen molar-refractivity contribution < 1.29 is 0 Å². The zero-order chi connectivity index (χ0) is 12.1. The van der Waals surface area contributed by atoms with Crippen LogP contribution in [0.4, 0.5) is 5.82 Å². The molecule has 4 heteroatoms. The second-order valence-corrected chi connectivity index (χ2v) is 4.75. The molecule has 0 amide bonds. The monoisotopic (exact) mass is 234 g/mol. The third-order valence-corrected chi connectivity index (χ3v) is 3.56. The molecule has 1 aromatic rings. The molecule has 0 aliphatic carbocycles. The van der Waals surface area contributed by atoms with Gasteiger partial charge in [0, 0.05) is 32.0 Å². The summed E-state index contributed by atoms with van der Waals surface area (Å²) in [7, 11) is 0. The van der Waals surface area contributed by atoms with Gasteiger partial charge in [0.15, 0.2) is 5.82 Å². The van der Waals surface area contributed by atoms with Crippen LogP contribution in [0.2, 0.25) is 0 Å². The van der Waals surface area contributed by atoms with Crippen LogP contribution in [0, 0.1) is 5.92 Å². The van der Waals surface area contributed by atoms with Crippen LogP contribution in [0.3, 0.4) is 0 Å². The van der Waals surface area contributed by atoms with E-state index in [1.165, 1.54) is 25.7 Å². The van der Waals surface area contributed by atoms with Crippen LogP contribution in [-0.2, 0) is 6.54 Å². The maximum Gasteiger partial charge on any atom is 0.151 e. The van der Waals surface area contributed by atoms with Gasteiger partial charge in [-0.2, -0.15) is 0 Å². The van der Waals surface area contributed by atoms with Gasteiger partial charge in [0.25, 0.3) is 0 Å². The summed E-state index contributed by atoms with van der Waals surface area (Å²) >= 11 is 0. The van der Waals surface area contributed by atoms with Gasteiger partial charge < -0.3 is 10.6 Å². The highest BCUT2D eigenvalue weighted by molar-refractivity contribution is 5.43. The van der Waals surface area contributed by atoms with E-state index < -0.39 is 0 Å². The van der Waals surface area contributed by atoms with E-state index in [1.54, 1.807) is 12.4 Å². The number of rotatable bonds is 4. The predicted octanol–water partition coefficient (Wildman–Crippen LogP) is 1.95. The fraction of sp³-hybridized carbons (Fsp3) is 0.692. The number of hydrogen-bond acceptors (Lipinski definition) is 4. The van der Waals surface area contributed by atoms with Gasteiger partial charge in [-0.1, -0.05) is 19.8 Å². The van der Waals surface area contributed by atoms with Crippen molar-refractivity contribution in [3.8, 4) is 0 Å². The number of piperidine rings is 1. The van der Waals surface area contributed by atoms with Crippen molar-refractivity contribution in [2.45, 2.75) is 39.2 Å². The maximum absolute atomic E-state index is 5.70. The number of aromatic nitrogens is 2. The molecule has 1 aliphatic rings. The molecule has 0 bridgehead atoms. The van der Waals surface area contributed by atoms with Crippen LogP contribution in [-0.4, -0.2) is 23.1 Å². The first-order chi connectivity index (χ1) is 8.35. The molecule has 94 valence electrons. The molecule has 4 nitrogen and oxygen atoms in total. The minimum absolute atomic E-state index is 0.470. The molecule has 1 aromatic heterocycles. The van der Waals surface area contributed by atoms with Crippen molar-refractivity contribution in [3.63, 3.8) is 0 Å². The van der Waals surface area contributed by atoms with E-state index in [2.05, 4.69) is 21.8 Å². The Hall–Kier alpha value is -1.16. The first-order valence-corrected chi connectivity index (χ1v) is 6.60. The average Bonchev–Trinajstić information content (AvgIpc) is 2.40. The fourth-order valence-electron chi connectivity index (χ4n) is 2.61. The van der Waals surface area contributed by atoms with Crippen molar-refractivity contribution in [2.24, 2.45) is 11.7 Å². The Morgan fingerprint density at radius 1 is 1.29 bits per heavy atom. The van der Waals surface area contributed by atoms with E-state index in [-0.39, 0.29) is 0 Å². The van der Waals surface area contributed by atoms with Crippen molar-refractivity contribution in [1.82, 2.24) is 9.97 Å². The molecule has 1 aliphatic heterocycles. The summed E-state index contributed by atoms with van der Waals surface area (Å²) < 4.78 is 0. The molecule has 17 heavy (non-hydrogen) atoms. The van der Waals surface area contributed by atoms with E-state index in [1.807, 2.05) is 0 Å². The predicted molar refractivity (Wildman–Crippen MR) is 69.8 cm³/mol. The smallest absolute Gasteiger partial charge is 0.151 e. The Morgan fingerprint density at radius 3 is 2.65 bits per heavy atom. The number of nitrogens with zero attached hydrogens (tertiary/aromatic N) is 3. The van der Waals surface area contributed by atoms with E-state index in [0.29, 0.717) is 6.54 Å². The van der Waals surface area contributed by atoms with Crippen LogP contribution in [0.25, 0.3) is 0 Å². The molecule has 1 fully saturated rings. The van der Waals surface area contributed by atoms with Gasteiger partial charge in [-0.05, 0) is 18.8 Å². The molecule has 0 radical (unpaired) electrons. The van der Waals surface area contributed by atoms with Gasteiger partial charge >= 0.3 is 0 Å². The molecule has 2 N–H and O–H groups in total. The highest BCUT2D eigenvalue weighted by Crippen LogP contribution is 2.25. The maximum atomic E-state index is 5.70. The molecule has 0 unspecified atom stereocenters. The van der Waals surface area contributed by atoms with Gasteiger partial charge in [-0.3, -0.25) is 4.98 Å². The van der Waals surface area contributed by atoms with Crippen molar-refractivity contribution >= 4 is 5.82 Å². The van der Waals surface area contributed by atoms with Crippen LogP contribution in [0.1, 0.15) is 38.3 Å². The first-order valence-electron chi connectivity index (χ1n) is 6.60. The Morgan fingerprint density at radius 2 is 2.00 bits per heavy atom.